The number of nitriles is 1. The number of nitrogens with zero attached hydrogens (tertiary/aromatic N) is 2. The minimum absolute atomic E-state index is 0.0655. The maximum Gasteiger partial charge on any atom is 0.241 e. The summed E-state index contributed by atoms with van der Waals surface area (Å²) in [4.78, 5) is 14.6. The van der Waals surface area contributed by atoms with Crippen molar-refractivity contribution in [1.82, 2.24) is 4.90 Å². The van der Waals surface area contributed by atoms with Gasteiger partial charge in [0.1, 0.15) is 0 Å². The Hall–Kier alpha value is -1.94. The number of rotatable bonds is 3. The SMILES string of the molecule is CC(C(=O)Nc1cccc(C#N)c1)N1CCC2(CC1)OCCO2. The van der Waals surface area contributed by atoms with Gasteiger partial charge in [-0.3, -0.25) is 9.69 Å². The molecule has 1 unspecified atom stereocenters. The van der Waals surface area contributed by atoms with Gasteiger partial charge >= 0.3 is 0 Å². The van der Waals surface area contributed by atoms with Crippen LogP contribution in [-0.4, -0.2) is 48.9 Å². The molecule has 23 heavy (non-hydrogen) atoms. The standard InChI is InChI=1S/C17H21N3O3/c1-13(16(21)19-15-4-2-3-14(11-15)12-18)20-7-5-17(6-8-20)22-9-10-23-17/h2-4,11,13H,5-10H2,1H3,(H,19,21). The Labute approximate surface area is 136 Å². The van der Waals surface area contributed by atoms with Gasteiger partial charge in [0.25, 0.3) is 0 Å². The van der Waals surface area contributed by atoms with E-state index in [1.54, 1.807) is 24.3 Å². The van der Waals surface area contributed by atoms with Gasteiger partial charge < -0.3 is 14.8 Å². The molecule has 2 fully saturated rings. The second-order valence-corrected chi connectivity index (χ2v) is 6.00. The highest BCUT2D eigenvalue weighted by Gasteiger charge is 2.41. The van der Waals surface area contributed by atoms with Gasteiger partial charge in [-0.2, -0.15) is 5.26 Å². The van der Waals surface area contributed by atoms with Gasteiger partial charge in [-0.05, 0) is 25.1 Å². The summed E-state index contributed by atoms with van der Waals surface area (Å²) < 4.78 is 11.4. The Morgan fingerprint density at radius 1 is 1.35 bits per heavy atom. The topological polar surface area (TPSA) is 74.6 Å². The highest BCUT2D eigenvalue weighted by atomic mass is 16.7. The van der Waals surface area contributed by atoms with Crippen molar-refractivity contribution >= 4 is 11.6 Å². The van der Waals surface area contributed by atoms with Crippen LogP contribution in [0.15, 0.2) is 24.3 Å². The summed E-state index contributed by atoms with van der Waals surface area (Å²) in [6.07, 6.45) is 1.57. The van der Waals surface area contributed by atoms with E-state index in [-0.39, 0.29) is 11.9 Å². The summed E-state index contributed by atoms with van der Waals surface area (Å²) in [5, 5.41) is 11.8. The molecule has 1 amide bonds. The van der Waals surface area contributed by atoms with Crippen LogP contribution in [0.25, 0.3) is 0 Å². The van der Waals surface area contributed by atoms with Crippen molar-refractivity contribution in [2.24, 2.45) is 0 Å². The van der Waals surface area contributed by atoms with E-state index in [4.69, 9.17) is 14.7 Å². The van der Waals surface area contributed by atoms with Gasteiger partial charge in [0.15, 0.2) is 5.79 Å². The lowest BCUT2D eigenvalue weighted by atomic mass is 10.0. The molecule has 2 aliphatic heterocycles. The average molecular weight is 315 g/mol. The second kappa shape index (κ2) is 6.67. The highest BCUT2D eigenvalue weighted by molar-refractivity contribution is 5.94. The molecule has 0 bridgehead atoms. The molecule has 122 valence electrons. The smallest absolute Gasteiger partial charge is 0.241 e. The maximum absolute atomic E-state index is 12.4. The van der Waals surface area contributed by atoms with Crippen molar-refractivity contribution in [3.05, 3.63) is 29.8 Å². The normalized spacial score (nSPS) is 21.7. The Morgan fingerprint density at radius 2 is 2.04 bits per heavy atom. The molecule has 2 aliphatic rings. The predicted octanol–water partition coefficient (Wildman–Crippen LogP) is 1.72. The lowest BCUT2D eigenvalue weighted by molar-refractivity contribution is -0.187. The Bertz CT molecular complexity index is 610. The number of anilines is 1. The third-order valence-electron chi connectivity index (χ3n) is 4.56. The number of benzene rings is 1. The van der Waals surface area contributed by atoms with E-state index < -0.39 is 5.79 Å². The number of nitrogens with one attached hydrogen (secondary N) is 1. The quantitative estimate of drug-likeness (QED) is 0.919. The second-order valence-electron chi connectivity index (χ2n) is 6.00. The van der Waals surface area contributed by atoms with Crippen molar-refractivity contribution in [3.8, 4) is 6.07 Å². The lowest BCUT2D eigenvalue weighted by Gasteiger charge is -2.39. The Balaban J connectivity index is 1.56. The molecule has 0 aliphatic carbocycles. The largest absolute Gasteiger partial charge is 0.347 e. The van der Waals surface area contributed by atoms with E-state index in [9.17, 15) is 4.79 Å². The van der Waals surface area contributed by atoms with Crippen molar-refractivity contribution in [3.63, 3.8) is 0 Å². The van der Waals surface area contributed by atoms with Gasteiger partial charge in [-0.15, -0.1) is 0 Å². The van der Waals surface area contributed by atoms with Crippen LogP contribution in [0.3, 0.4) is 0 Å². The number of amides is 1. The van der Waals surface area contributed by atoms with E-state index in [0.717, 1.165) is 25.9 Å². The summed E-state index contributed by atoms with van der Waals surface area (Å²) in [7, 11) is 0. The Morgan fingerprint density at radius 3 is 2.70 bits per heavy atom. The number of hydrogen-bond donors (Lipinski definition) is 1. The number of hydrogen-bond acceptors (Lipinski definition) is 5. The predicted molar refractivity (Wildman–Crippen MR) is 84.7 cm³/mol. The fraction of sp³-hybridized carbons (Fsp3) is 0.529. The van der Waals surface area contributed by atoms with Crippen LogP contribution in [0.2, 0.25) is 0 Å². The molecule has 1 aromatic rings. The number of likely N-dealkylation sites (tertiary alicyclic amines) is 1. The summed E-state index contributed by atoms with van der Waals surface area (Å²) in [6.45, 7) is 4.76. The first-order chi connectivity index (χ1) is 11.1. The molecule has 1 aromatic carbocycles. The molecular formula is C17H21N3O3. The molecule has 6 heteroatoms. The van der Waals surface area contributed by atoms with Gasteiger partial charge in [0.05, 0.1) is 30.9 Å². The van der Waals surface area contributed by atoms with Crippen molar-refractivity contribution in [2.45, 2.75) is 31.6 Å². The van der Waals surface area contributed by atoms with E-state index in [0.29, 0.717) is 24.5 Å². The van der Waals surface area contributed by atoms with Crippen LogP contribution < -0.4 is 5.32 Å². The van der Waals surface area contributed by atoms with E-state index in [2.05, 4.69) is 16.3 Å². The maximum atomic E-state index is 12.4. The summed E-state index contributed by atoms with van der Waals surface area (Å²) in [5.74, 6) is -0.488. The number of piperidine rings is 1. The summed E-state index contributed by atoms with van der Waals surface area (Å²) in [5.41, 5.74) is 1.18. The molecule has 6 nitrogen and oxygen atoms in total. The first-order valence-corrected chi connectivity index (χ1v) is 7.95. The van der Waals surface area contributed by atoms with Gasteiger partial charge in [0, 0.05) is 31.6 Å². The molecule has 1 atom stereocenters. The van der Waals surface area contributed by atoms with Crippen LogP contribution >= 0.6 is 0 Å². The molecule has 0 radical (unpaired) electrons. The monoisotopic (exact) mass is 315 g/mol. The minimum atomic E-state index is -0.423. The Kier molecular flexibility index (Phi) is 4.62. The molecule has 2 saturated heterocycles. The zero-order valence-electron chi connectivity index (χ0n) is 13.2. The van der Waals surface area contributed by atoms with Crippen molar-refractivity contribution < 1.29 is 14.3 Å². The highest BCUT2D eigenvalue weighted by Crippen LogP contribution is 2.31. The fourth-order valence-electron chi connectivity index (χ4n) is 3.12. The zero-order valence-corrected chi connectivity index (χ0v) is 13.2. The van der Waals surface area contributed by atoms with Crippen LogP contribution in [0.4, 0.5) is 5.69 Å². The van der Waals surface area contributed by atoms with Crippen molar-refractivity contribution in [1.29, 1.82) is 5.26 Å². The molecular weight excluding hydrogens is 294 g/mol. The van der Waals surface area contributed by atoms with E-state index in [1.807, 2.05) is 6.92 Å². The van der Waals surface area contributed by atoms with Crippen LogP contribution in [0, 0.1) is 11.3 Å². The van der Waals surface area contributed by atoms with E-state index in [1.165, 1.54) is 0 Å². The average Bonchev–Trinajstić information content (AvgIpc) is 3.03. The number of carbonyl (C=O) groups excluding carboxylic acids is 1. The third-order valence-corrected chi connectivity index (χ3v) is 4.56. The molecule has 3 rings (SSSR count). The zero-order chi connectivity index (χ0) is 16.3. The summed E-state index contributed by atoms with van der Waals surface area (Å²) >= 11 is 0. The molecule has 1 N–H and O–H groups in total. The van der Waals surface area contributed by atoms with Crippen LogP contribution in [0.1, 0.15) is 25.3 Å². The van der Waals surface area contributed by atoms with Gasteiger partial charge in [0.2, 0.25) is 5.91 Å². The van der Waals surface area contributed by atoms with Gasteiger partial charge in [-0.1, -0.05) is 6.07 Å². The molecule has 1 spiro atoms. The third kappa shape index (κ3) is 3.53. The minimum Gasteiger partial charge on any atom is -0.347 e. The first-order valence-electron chi connectivity index (χ1n) is 7.95. The van der Waals surface area contributed by atoms with Crippen molar-refractivity contribution in [2.75, 3.05) is 31.6 Å². The van der Waals surface area contributed by atoms with Gasteiger partial charge in [-0.25, -0.2) is 0 Å². The van der Waals surface area contributed by atoms with Crippen LogP contribution in [0.5, 0.6) is 0 Å². The molecule has 2 heterocycles. The van der Waals surface area contributed by atoms with Crippen LogP contribution in [-0.2, 0) is 14.3 Å². The molecule has 0 aromatic heterocycles. The molecule has 0 saturated carbocycles. The summed E-state index contributed by atoms with van der Waals surface area (Å²) in [6, 6.07) is 8.78. The number of ether oxygens (including phenoxy) is 2. The number of carbonyl (C=O) groups is 1. The first kappa shape index (κ1) is 15.9. The fourth-order valence-corrected chi connectivity index (χ4v) is 3.12. The lowest BCUT2D eigenvalue weighted by Crippen LogP contribution is -2.51. The van der Waals surface area contributed by atoms with E-state index >= 15 is 0 Å².